The normalized spacial score (nSPS) is 13.5. The largest absolute Gasteiger partial charge is 0.488 e. The van der Waals surface area contributed by atoms with E-state index < -0.39 is 78.0 Å². The zero-order valence-electron chi connectivity index (χ0n) is 23.3. The van der Waals surface area contributed by atoms with E-state index in [-0.39, 0.29) is 43.9 Å². The van der Waals surface area contributed by atoms with E-state index in [1.807, 2.05) is 0 Å². The molecule has 11 nitrogen and oxygen atoms in total. The highest BCUT2D eigenvalue weighted by atomic mass is 19.4. The van der Waals surface area contributed by atoms with Crippen LogP contribution in [0.25, 0.3) is 0 Å². The number of hydrogen-bond acceptors (Lipinski definition) is 8. The maximum Gasteiger partial charge on any atom is 0.416 e. The number of nitrogens with two attached hydrogens (primary N) is 3. The van der Waals surface area contributed by atoms with Gasteiger partial charge in [-0.05, 0) is 42.3 Å². The Bertz CT molecular complexity index is 1220. The van der Waals surface area contributed by atoms with Crippen molar-refractivity contribution in [1.29, 1.82) is 0 Å². The summed E-state index contributed by atoms with van der Waals surface area (Å²) in [7, 11) is 0. The van der Waals surface area contributed by atoms with E-state index in [1.54, 1.807) is 0 Å². The number of aliphatic hydroxyl groups is 1. The monoisotopic (exact) mass is 618 g/mol. The molecule has 2 rings (SSSR count). The predicted octanol–water partition coefficient (Wildman–Crippen LogP) is 0.680. The highest BCUT2D eigenvalue weighted by molar-refractivity contribution is 5.92. The van der Waals surface area contributed by atoms with Gasteiger partial charge in [0.1, 0.15) is 12.1 Å². The Morgan fingerprint density at radius 3 is 2.05 bits per heavy atom. The van der Waals surface area contributed by atoms with Crippen LogP contribution < -0.4 is 32.6 Å². The molecule has 2 aromatic carbocycles. The van der Waals surface area contributed by atoms with E-state index in [2.05, 4.69) is 10.6 Å². The molecule has 0 spiro atoms. The molecule has 0 aliphatic heterocycles. The first-order chi connectivity index (χ1) is 20.2. The molecule has 0 aromatic heterocycles. The van der Waals surface area contributed by atoms with Gasteiger partial charge in [-0.15, -0.1) is 0 Å². The Hall–Kier alpha value is -3.86. The first kappa shape index (κ1) is 35.3. The van der Waals surface area contributed by atoms with E-state index in [9.17, 15) is 41.4 Å². The van der Waals surface area contributed by atoms with Gasteiger partial charge in [-0.25, -0.2) is 8.78 Å². The van der Waals surface area contributed by atoms with Crippen LogP contribution in [0.4, 0.5) is 22.0 Å². The number of nitrogens with zero attached hydrogens (tertiary/aromatic N) is 1. The lowest BCUT2D eigenvalue weighted by atomic mass is 9.99. The second-order valence-electron chi connectivity index (χ2n) is 9.36. The fourth-order valence-corrected chi connectivity index (χ4v) is 3.99. The summed E-state index contributed by atoms with van der Waals surface area (Å²) < 4.78 is 72.4. The highest BCUT2D eigenvalue weighted by Crippen LogP contribution is 2.30. The summed E-state index contributed by atoms with van der Waals surface area (Å²) in [6.45, 7) is 1.60. The van der Waals surface area contributed by atoms with Gasteiger partial charge in [-0.2, -0.15) is 13.2 Å². The molecule has 3 amide bonds. The Morgan fingerprint density at radius 2 is 1.56 bits per heavy atom. The van der Waals surface area contributed by atoms with Gasteiger partial charge >= 0.3 is 6.18 Å². The van der Waals surface area contributed by atoms with Crippen LogP contribution in [0.1, 0.15) is 36.1 Å². The molecule has 238 valence electrons. The Labute approximate surface area is 244 Å². The zero-order valence-corrected chi connectivity index (χ0v) is 23.3. The van der Waals surface area contributed by atoms with Gasteiger partial charge in [0.25, 0.3) is 0 Å². The SMILES string of the molecule is CCOc1c(F)cc(CNC(=O)[C@@H](NC(=O)[C@@H](N)CC(=O)N(CCN)CCN)[C@H](O)c2ccc(C(F)(F)F)cc2)cc1F. The van der Waals surface area contributed by atoms with Crippen molar-refractivity contribution in [1.82, 2.24) is 15.5 Å². The van der Waals surface area contributed by atoms with Gasteiger partial charge in [0.05, 0.1) is 24.6 Å². The third-order valence-electron chi connectivity index (χ3n) is 6.17. The van der Waals surface area contributed by atoms with Crippen LogP contribution in [-0.2, 0) is 27.1 Å². The number of hydrogen-bond donors (Lipinski definition) is 6. The van der Waals surface area contributed by atoms with E-state index in [0.717, 1.165) is 24.3 Å². The number of carbonyl (C=O) groups excluding carboxylic acids is 3. The molecule has 0 bridgehead atoms. The van der Waals surface area contributed by atoms with Crippen LogP contribution in [0.3, 0.4) is 0 Å². The predicted molar refractivity (Wildman–Crippen MR) is 145 cm³/mol. The number of carbonyl (C=O) groups is 3. The number of aliphatic hydroxyl groups excluding tert-OH is 1. The molecular formula is C27H35F5N6O5. The molecule has 43 heavy (non-hydrogen) atoms. The third-order valence-corrected chi connectivity index (χ3v) is 6.17. The van der Waals surface area contributed by atoms with Crippen LogP contribution in [0, 0.1) is 11.6 Å². The van der Waals surface area contributed by atoms with Crippen LogP contribution in [0.15, 0.2) is 36.4 Å². The summed E-state index contributed by atoms with van der Waals surface area (Å²) in [4.78, 5) is 39.9. The fourth-order valence-electron chi connectivity index (χ4n) is 3.99. The Morgan fingerprint density at radius 1 is 1.00 bits per heavy atom. The van der Waals surface area contributed by atoms with E-state index in [1.165, 1.54) is 11.8 Å². The summed E-state index contributed by atoms with van der Waals surface area (Å²) in [5, 5.41) is 15.5. The third kappa shape index (κ3) is 10.1. The molecule has 0 aliphatic rings. The van der Waals surface area contributed by atoms with E-state index in [0.29, 0.717) is 12.1 Å². The summed E-state index contributed by atoms with van der Waals surface area (Å²) in [6, 6.07) is 1.65. The van der Waals surface area contributed by atoms with Gasteiger partial charge in [-0.1, -0.05) is 12.1 Å². The lowest BCUT2D eigenvalue weighted by Crippen LogP contribution is -2.55. The number of ether oxygens (including phenoxy) is 1. The molecule has 16 heteroatoms. The second kappa shape index (κ2) is 16.1. The summed E-state index contributed by atoms with van der Waals surface area (Å²) in [5.41, 5.74) is 15.6. The number of amides is 3. The zero-order chi connectivity index (χ0) is 32.3. The highest BCUT2D eigenvalue weighted by Gasteiger charge is 2.34. The minimum absolute atomic E-state index is 0.00105. The van der Waals surface area contributed by atoms with E-state index >= 15 is 0 Å². The van der Waals surface area contributed by atoms with Crippen molar-refractivity contribution >= 4 is 17.7 Å². The van der Waals surface area contributed by atoms with Crippen LogP contribution in [-0.4, -0.2) is 72.6 Å². The molecule has 9 N–H and O–H groups in total. The number of rotatable bonds is 15. The quantitative estimate of drug-likeness (QED) is 0.157. The lowest BCUT2D eigenvalue weighted by molar-refractivity contribution is -0.138. The maximum absolute atomic E-state index is 14.3. The smallest absolute Gasteiger partial charge is 0.416 e. The van der Waals surface area contributed by atoms with Gasteiger partial charge in [0.2, 0.25) is 17.7 Å². The van der Waals surface area contributed by atoms with Crippen molar-refractivity contribution in [2.45, 2.75) is 44.3 Å². The maximum atomic E-state index is 14.3. The molecule has 0 heterocycles. The number of halogens is 5. The molecule has 0 saturated carbocycles. The molecule has 0 saturated heterocycles. The molecular weight excluding hydrogens is 583 g/mol. The first-order valence-corrected chi connectivity index (χ1v) is 13.2. The van der Waals surface area contributed by atoms with E-state index in [4.69, 9.17) is 21.9 Å². The van der Waals surface area contributed by atoms with Crippen molar-refractivity contribution in [3.8, 4) is 5.75 Å². The van der Waals surface area contributed by atoms with Crippen molar-refractivity contribution in [2.24, 2.45) is 17.2 Å². The average molecular weight is 619 g/mol. The van der Waals surface area contributed by atoms with Crippen LogP contribution in [0.5, 0.6) is 5.75 Å². The number of benzene rings is 2. The molecule has 3 atom stereocenters. The average Bonchev–Trinajstić information content (AvgIpc) is 2.95. The minimum atomic E-state index is -4.67. The molecule has 2 aromatic rings. The van der Waals surface area contributed by atoms with Crippen LogP contribution >= 0.6 is 0 Å². The van der Waals surface area contributed by atoms with Gasteiger partial charge < -0.3 is 42.6 Å². The van der Waals surface area contributed by atoms with Crippen molar-refractivity contribution in [2.75, 3.05) is 32.8 Å². The second-order valence-corrected chi connectivity index (χ2v) is 9.36. The Kier molecular flexibility index (Phi) is 13.2. The number of nitrogens with one attached hydrogen (secondary N) is 2. The van der Waals surface area contributed by atoms with Crippen molar-refractivity contribution < 1.29 is 46.2 Å². The summed E-state index contributed by atoms with van der Waals surface area (Å²) in [5.74, 6) is -5.34. The summed E-state index contributed by atoms with van der Waals surface area (Å²) in [6.07, 6.45) is -7.08. The Balaban J connectivity index is 2.27. The van der Waals surface area contributed by atoms with Gasteiger partial charge in [0.15, 0.2) is 17.4 Å². The lowest BCUT2D eigenvalue weighted by Gasteiger charge is -2.26. The van der Waals surface area contributed by atoms with Gasteiger partial charge in [0, 0.05) is 32.7 Å². The van der Waals surface area contributed by atoms with Crippen LogP contribution in [0.2, 0.25) is 0 Å². The number of alkyl halides is 3. The fraction of sp³-hybridized carbons (Fsp3) is 0.444. The minimum Gasteiger partial charge on any atom is -0.488 e. The van der Waals surface area contributed by atoms with Gasteiger partial charge in [-0.3, -0.25) is 14.4 Å². The van der Waals surface area contributed by atoms with Crippen molar-refractivity contribution in [3.05, 3.63) is 64.7 Å². The molecule has 0 radical (unpaired) electrons. The molecule has 0 unspecified atom stereocenters. The molecule has 0 fully saturated rings. The summed E-state index contributed by atoms with van der Waals surface area (Å²) >= 11 is 0. The molecule has 0 aliphatic carbocycles. The standard InChI is InChI=1S/C27H35F5N6O5/c1-2-43-24-18(28)11-15(12-19(24)29)14-36-26(42)22(23(40)16-3-5-17(6-4-16)27(30,31)32)37-25(41)20(35)13-21(39)38(9-7-33)10-8-34/h3-6,11-12,20,22-23,40H,2,7-10,13-14,33-35H2,1H3,(H,36,42)(H,37,41)/t20-,22-,23+/m0/s1. The first-order valence-electron chi connectivity index (χ1n) is 13.2. The van der Waals surface area contributed by atoms with Crippen molar-refractivity contribution in [3.63, 3.8) is 0 Å². The topological polar surface area (TPSA) is 186 Å².